The van der Waals surface area contributed by atoms with Crippen LogP contribution in [0.25, 0.3) is 10.2 Å². The highest BCUT2D eigenvalue weighted by Crippen LogP contribution is 2.36. The smallest absolute Gasteiger partial charge is 0.348 e. The van der Waals surface area contributed by atoms with E-state index in [4.69, 9.17) is 16.1 Å². The average molecular weight is 372 g/mol. The zero-order chi connectivity index (χ0) is 18.7. The fraction of sp³-hybridized carbons (Fsp3) is 0.526. The summed E-state index contributed by atoms with van der Waals surface area (Å²) in [5, 5.41) is 0.973. The number of esters is 1. The van der Waals surface area contributed by atoms with Crippen LogP contribution in [0.4, 0.5) is 5.82 Å². The third-order valence-corrected chi connectivity index (χ3v) is 5.75. The van der Waals surface area contributed by atoms with Crippen LogP contribution in [0.5, 0.6) is 0 Å². The lowest BCUT2D eigenvalue weighted by Gasteiger charge is -2.35. The molecule has 1 aliphatic rings. The van der Waals surface area contributed by atoms with Crippen LogP contribution in [-0.2, 0) is 4.74 Å². The number of carbonyl (C=O) groups is 1. The van der Waals surface area contributed by atoms with E-state index in [2.05, 4.69) is 20.7 Å². The Balaban J connectivity index is 1.91. The third-order valence-electron chi connectivity index (χ3n) is 4.59. The Kier molecular flexibility index (Phi) is 5.74. The standard InChI is InChI=1S/C19H24N4O2S/c1-5-7-8-22-9-11-23(12-10-22)17-15-13(3)16(19(24)25-6-2)26-18(15)21-14(4)20-17/h1H,6-12H2,2-4H3. The molecule has 0 aromatic carbocycles. The summed E-state index contributed by atoms with van der Waals surface area (Å²) in [6.45, 7) is 10.7. The topological polar surface area (TPSA) is 58.6 Å². The summed E-state index contributed by atoms with van der Waals surface area (Å²) in [6, 6.07) is 0. The van der Waals surface area contributed by atoms with E-state index in [1.165, 1.54) is 11.3 Å². The minimum Gasteiger partial charge on any atom is -0.462 e. The van der Waals surface area contributed by atoms with E-state index >= 15 is 0 Å². The lowest BCUT2D eigenvalue weighted by Crippen LogP contribution is -2.47. The number of hydrogen-bond donors (Lipinski definition) is 0. The van der Waals surface area contributed by atoms with Gasteiger partial charge in [0, 0.05) is 39.1 Å². The number of nitrogens with zero attached hydrogens (tertiary/aromatic N) is 4. The van der Waals surface area contributed by atoms with Gasteiger partial charge in [-0.1, -0.05) is 0 Å². The SMILES string of the molecule is C#CCCN1CCN(c2nc(C)nc3sc(C(=O)OCC)c(C)c23)CC1. The molecule has 0 atom stereocenters. The van der Waals surface area contributed by atoms with Crippen molar-refractivity contribution in [3.63, 3.8) is 0 Å². The number of piperazine rings is 1. The predicted molar refractivity (Wildman–Crippen MR) is 105 cm³/mol. The molecule has 2 aromatic heterocycles. The van der Waals surface area contributed by atoms with Gasteiger partial charge in [0.1, 0.15) is 21.3 Å². The van der Waals surface area contributed by atoms with Gasteiger partial charge in [0.2, 0.25) is 0 Å². The second-order valence-electron chi connectivity index (χ2n) is 6.33. The van der Waals surface area contributed by atoms with Crippen LogP contribution in [0.2, 0.25) is 0 Å². The number of hydrogen-bond acceptors (Lipinski definition) is 7. The molecule has 26 heavy (non-hydrogen) atoms. The lowest BCUT2D eigenvalue weighted by molar-refractivity contribution is 0.0531. The fourth-order valence-corrected chi connectivity index (χ4v) is 4.36. The van der Waals surface area contributed by atoms with Crippen molar-refractivity contribution in [2.45, 2.75) is 27.2 Å². The Morgan fingerprint density at radius 1 is 1.27 bits per heavy atom. The van der Waals surface area contributed by atoms with Gasteiger partial charge in [-0.15, -0.1) is 23.7 Å². The predicted octanol–water partition coefficient (Wildman–Crippen LogP) is 2.63. The van der Waals surface area contributed by atoms with E-state index < -0.39 is 0 Å². The maximum absolute atomic E-state index is 12.3. The van der Waals surface area contributed by atoms with Crippen LogP contribution in [0.1, 0.15) is 34.4 Å². The van der Waals surface area contributed by atoms with Crippen LogP contribution in [0, 0.1) is 26.2 Å². The van der Waals surface area contributed by atoms with Crippen molar-refractivity contribution < 1.29 is 9.53 Å². The molecule has 0 radical (unpaired) electrons. The Morgan fingerprint density at radius 2 is 2.00 bits per heavy atom. The van der Waals surface area contributed by atoms with Gasteiger partial charge in [-0.25, -0.2) is 14.8 Å². The van der Waals surface area contributed by atoms with E-state index in [9.17, 15) is 4.79 Å². The van der Waals surface area contributed by atoms with Crippen LogP contribution >= 0.6 is 11.3 Å². The zero-order valence-corrected chi connectivity index (χ0v) is 16.4. The molecule has 0 bridgehead atoms. The fourth-order valence-electron chi connectivity index (χ4n) is 3.25. The highest BCUT2D eigenvalue weighted by Gasteiger charge is 2.25. The Hall–Kier alpha value is -2.17. The summed E-state index contributed by atoms with van der Waals surface area (Å²) < 4.78 is 5.19. The van der Waals surface area contributed by atoms with E-state index in [1.807, 2.05) is 20.8 Å². The van der Waals surface area contributed by atoms with Gasteiger partial charge in [-0.05, 0) is 26.3 Å². The van der Waals surface area contributed by atoms with Gasteiger partial charge >= 0.3 is 5.97 Å². The minimum absolute atomic E-state index is 0.282. The monoisotopic (exact) mass is 372 g/mol. The molecule has 0 saturated carbocycles. The molecule has 0 spiro atoms. The van der Waals surface area contributed by atoms with Gasteiger partial charge in [0.25, 0.3) is 0 Å². The summed E-state index contributed by atoms with van der Waals surface area (Å²) in [5.74, 6) is 4.07. The number of aromatic nitrogens is 2. The Morgan fingerprint density at radius 3 is 2.65 bits per heavy atom. The molecule has 1 aliphatic heterocycles. The van der Waals surface area contributed by atoms with E-state index in [-0.39, 0.29) is 5.97 Å². The number of fused-ring (bicyclic) bond motifs is 1. The minimum atomic E-state index is -0.282. The number of ether oxygens (including phenoxy) is 1. The average Bonchev–Trinajstić information content (AvgIpc) is 2.96. The Labute approximate surface area is 158 Å². The van der Waals surface area contributed by atoms with Crippen molar-refractivity contribution >= 4 is 33.3 Å². The van der Waals surface area contributed by atoms with E-state index in [0.717, 1.165) is 66.6 Å². The molecule has 3 heterocycles. The second kappa shape index (κ2) is 8.02. The quantitative estimate of drug-likeness (QED) is 0.594. The van der Waals surface area contributed by atoms with Crippen molar-refractivity contribution in [2.24, 2.45) is 0 Å². The first kappa shape index (κ1) is 18.6. The van der Waals surface area contributed by atoms with Gasteiger partial charge in [0.15, 0.2) is 0 Å². The van der Waals surface area contributed by atoms with Crippen molar-refractivity contribution in [3.8, 4) is 12.3 Å². The number of aryl methyl sites for hydroxylation is 2. The molecule has 0 N–H and O–H groups in total. The molecule has 2 aromatic rings. The molecule has 0 amide bonds. The maximum atomic E-state index is 12.3. The summed E-state index contributed by atoms with van der Waals surface area (Å²) in [4.78, 5) is 27.7. The molecule has 1 saturated heterocycles. The number of terminal acetylenes is 1. The molecule has 138 valence electrons. The van der Waals surface area contributed by atoms with Crippen molar-refractivity contribution in [2.75, 3.05) is 44.2 Å². The normalized spacial score (nSPS) is 15.2. The molecule has 7 heteroatoms. The maximum Gasteiger partial charge on any atom is 0.348 e. The highest BCUT2D eigenvalue weighted by molar-refractivity contribution is 7.20. The summed E-state index contributed by atoms with van der Waals surface area (Å²) >= 11 is 1.39. The van der Waals surface area contributed by atoms with Crippen LogP contribution < -0.4 is 4.90 Å². The lowest BCUT2D eigenvalue weighted by atomic mass is 10.1. The van der Waals surface area contributed by atoms with Crippen LogP contribution in [0.15, 0.2) is 0 Å². The van der Waals surface area contributed by atoms with Gasteiger partial charge in [-0.3, -0.25) is 4.90 Å². The first-order valence-electron chi connectivity index (χ1n) is 8.90. The summed E-state index contributed by atoms with van der Waals surface area (Å²) in [6.07, 6.45) is 6.15. The number of carbonyl (C=O) groups excluding carboxylic acids is 1. The number of anilines is 1. The molecule has 0 aliphatic carbocycles. The molecule has 6 nitrogen and oxygen atoms in total. The van der Waals surface area contributed by atoms with Crippen molar-refractivity contribution in [1.29, 1.82) is 0 Å². The van der Waals surface area contributed by atoms with Gasteiger partial charge < -0.3 is 9.64 Å². The molecule has 3 rings (SSSR count). The zero-order valence-electron chi connectivity index (χ0n) is 15.5. The molecule has 0 unspecified atom stereocenters. The highest BCUT2D eigenvalue weighted by atomic mass is 32.1. The van der Waals surface area contributed by atoms with Crippen LogP contribution in [-0.4, -0.2) is 60.2 Å². The van der Waals surface area contributed by atoms with E-state index in [0.29, 0.717) is 11.5 Å². The largest absolute Gasteiger partial charge is 0.462 e. The number of thiophene rings is 1. The summed E-state index contributed by atoms with van der Waals surface area (Å²) in [7, 11) is 0. The first-order valence-corrected chi connectivity index (χ1v) is 9.72. The second-order valence-corrected chi connectivity index (χ2v) is 7.33. The summed E-state index contributed by atoms with van der Waals surface area (Å²) in [5.41, 5.74) is 0.910. The van der Waals surface area contributed by atoms with Gasteiger partial charge in [0.05, 0.1) is 12.0 Å². The van der Waals surface area contributed by atoms with Gasteiger partial charge in [-0.2, -0.15) is 0 Å². The van der Waals surface area contributed by atoms with Crippen molar-refractivity contribution in [1.82, 2.24) is 14.9 Å². The van der Waals surface area contributed by atoms with Crippen molar-refractivity contribution in [3.05, 3.63) is 16.3 Å². The molecule has 1 fully saturated rings. The molecular formula is C19H24N4O2S. The number of rotatable bonds is 5. The third kappa shape index (κ3) is 3.67. The Bertz CT molecular complexity index is 847. The molecular weight excluding hydrogens is 348 g/mol. The van der Waals surface area contributed by atoms with Crippen LogP contribution in [0.3, 0.4) is 0 Å². The first-order chi connectivity index (χ1) is 12.5. The van der Waals surface area contributed by atoms with E-state index in [1.54, 1.807) is 0 Å².